The lowest BCUT2D eigenvalue weighted by Crippen LogP contribution is -2.13. The Bertz CT molecular complexity index is 953. The second-order valence-electron chi connectivity index (χ2n) is 6.05. The largest absolute Gasteiger partial charge is 0.507 e. The van der Waals surface area contributed by atoms with Gasteiger partial charge in [0.1, 0.15) is 5.75 Å². The molecule has 0 fully saturated rings. The molecule has 0 aromatic heterocycles. The minimum Gasteiger partial charge on any atom is -0.507 e. The van der Waals surface area contributed by atoms with Gasteiger partial charge in [-0.15, -0.1) is 0 Å². The van der Waals surface area contributed by atoms with Crippen molar-refractivity contribution in [2.45, 2.75) is 12.6 Å². The molecule has 3 rings (SSSR count). The highest BCUT2D eigenvalue weighted by Crippen LogP contribution is 2.31. The number of carbonyl (C=O) groups excluding carboxylic acids is 1. The molecular formula is C21H16F3NO2. The van der Waals surface area contributed by atoms with Gasteiger partial charge < -0.3 is 10.4 Å². The number of rotatable bonds is 4. The molecule has 0 bridgehead atoms. The molecule has 0 saturated heterocycles. The Morgan fingerprint density at radius 1 is 0.889 bits per heavy atom. The van der Waals surface area contributed by atoms with Gasteiger partial charge in [0.05, 0.1) is 11.1 Å². The SMILES string of the molecule is O=C(Nc1cccc(C(F)(F)F)c1)c1cc(Cc2ccccc2)ccc1O. The van der Waals surface area contributed by atoms with E-state index in [1.54, 1.807) is 6.07 Å². The van der Waals surface area contributed by atoms with Crippen LogP contribution in [0.25, 0.3) is 0 Å². The van der Waals surface area contributed by atoms with Crippen molar-refractivity contribution in [2.24, 2.45) is 0 Å². The number of halogens is 3. The quantitative estimate of drug-likeness (QED) is 0.658. The number of alkyl halides is 3. The first-order chi connectivity index (χ1) is 12.8. The Balaban J connectivity index is 1.81. The van der Waals surface area contributed by atoms with E-state index in [-0.39, 0.29) is 17.0 Å². The van der Waals surface area contributed by atoms with Crippen molar-refractivity contribution < 1.29 is 23.1 Å². The van der Waals surface area contributed by atoms with E-state index in [1.165, 1.54) is 24.3 Å². The third-order valence-electron chi connectivity index (χ3n) is 4.00. The number of anilines is 1. The predicted octanol–water partition coefficient (Wildman–Crippen LogP) is 5.25. The van der Waals surface area contributed by atoms with Crippen LogP contribution in [0.3, 0.4) is 0 Å². The van der Waals surface area contributed by atoms with Crippen molar-refractivity contribution in [1.82, 2.24) is 0 Å². The van der Waals surface area contributed by atoms with Gasteiger partial charge in [0, 0.05) is 5.69 Å². The molecule has 1 amide bonds. The smallest absolute Gasteiger partial charge is 0.416 e. The molecule has 0 saturated carbocycles. The molecule has 0 aliphatic heterocycles. The fourth-order valence-electron chi connectivity index (χ4n) is 2.68. The van der Waals surface area contributed by atoms with Crippen molar-refractivity contribution in [2.75, 3.05) is 5.32 Å². The van der Waals surface area contributed by atoms with Gasteiger partial charge in [0.15, 0.2) is 0 Å². The van der Waals surface area contributed by atoms with E-state index in [9.17, 15) is 23.1 Å². The summed E-state index contributed by atoms with van der Waals surface area (Å²) in [4.78, 5) is 12.4. The topological polar surface area (TPSA) is 49.3 Å². The first kappa shape index (κ1) is 18.5. The normalized spacial score (nSPS) is 11.2. The number of hydrogen-bond donors (Lipinski definition) is 2. The van der Waals surface area contributed by atoms with Crippen molar-refractivity contribution in [3.63, 3.8) is 0 Å². The highest BCUT2D eigenvalue weighted by molar-refractivity contribution is 6.06. The molecule has 3 aromatic carbocycles. The molecule has 0 atom stereocenters. The highest BCUT2D eigenvalue weighted by atomic mass is 19.4. The lowest BCUT2D eigenvalue weighted by molar-refractivity contribution is -0.137. The summed E-state index contributed by atoms with van der Waals surface area (Å²) in [5.74, 6) is -0.918. The lowest BCUT2D eigenvalue weighted by Gasteiger charge is -2.11. The molecule has 27 heavy (non-hydrogen) atoms. The van der Waals surface area contributed by atoms with Gasteiger partial charge in [0.25, 0.3) is 5.91 Å². The molecule has 0 radical (unpaired) electrons. The van der Waals surface area contributed by atoms with Crippen LogP contribution < -0.4 is 5.32 Å². The fraction of sp³-hybridized carbons (Fsp3) is 0.0952. The Morgan fingerprint density at radius 2 is 1.63 bits per heavy atom. The summed E-state index contributed by atoms with van der Waals surface area (Å²) in [5, 5.41) is 12.4. The van der Waals surface area contributed by atoms with Gasteiger partial charge in [-0.05, 0) is 47.9 Å². The van der Waals surface area contributed by atoms with Crippen LogP contribution in [-0.4, -0.2) is 11.0 Å². The van der Waals surface area contributed by atoms with E-state index < -0.39 is 17.6 Å². The summed E-state index contributed by atoms with van der Waals surface area (Å²) in [6.07, 6.45) is -3.94. The number of phenols is 1. The van der Waals surface area contributed by atoms with Gasteiger partial charge in [-0.1, -0.05) is 42.5 Å². The second-order valence-corrected chi connectivity index (χ2v) is 6.05. The molecule has 138 valence electrons. The first-order valence-corrected chi connectivity index (χ1v) is 8.17. The maximum Gasteiger partial charge on any atom is 0.416 e. The third kappa shape index (κ3) is 4.67. The van der Waals surface area contributed by atoms with Crippen LogP contribution >= 0.6 is 0 Å². The average Bonchev–Trinajstić information content (AvgIpc) is 2.63. The number of phenolic OH excluding ortho intramolecular Hbond substituents is 1. The van der Waals surface area contributed by atoms with Crippen molar-refractivity contribution in [3.05, 3.63) is 95.1 Å². The number of aromatic hydroxyl groups is 1. The standard InChI is InChI=1S/C21H16F3NO2/c22-21(23,24)16-7-4-8-17(13-16)25-20(27)18-12-15(9-10-19(18)26)11-14-5-2-1-3-6-14/h1-10,12-13,26H,11H2,(H,25,27). The van der Waals surface area contributed by atoms with Crippen molar-refractivity contribution >= 4 is 11.6 Å². The molecule has 0 heterocycles. The molecule has 0 aliphatic rings. The molecule has 3 aromatic rings. The van der Waals surface area contributed by atoms with Crippen LogP contribution in [0.15, 0.2) is 72.8 Å². The molecule has 6 heteroatoms. The van der Waals surface area contributed by atoms with E-state index in [1.807, 2.05) is 30.3 Å². The van der Waals surface area contributed by atoms with E-state index in [0.29, 0.717) is 6.42 Å². The van der Waals surface area contributed by atoms with Crippen molar-refractivity contribution in [3.8, 4) is 5.75 Å². The zero-order valence-electron chi connectivity index (χ0n) is 14.1. The van der Waals surface area contributed by atoms with Gasteiger partial charge >= 0.3 is 6.18 Å². The number of carbonyl (C=O) groups is 1. The second kappa shape index (κ2) is 7.53. The molecular weight excluding hydrogens is 355 g/mol. The minimum absolute atomic E-state index is 0.000780. The van der Waals surface area contributed by atoms with Crippen LogP contribution in [0.4, 0.5) is 18.9 Å². The van der Waals surface area contributed by atoms with E-state index >= 15 is 0 Å². The maximum absolute atomic E-state index is 12.8. The summed E-state index contributed by atoms with van der Waals surface area (Å²) >= 11 is 0. The van der Waals surface area contributed by atoms with E-state index in [4.69, 9.17) is 0 Å². The molecule has 0 unspecified atom stereocenters. The fourth-order valence-corrected chi connectivity index (χ4v) is 2.68. The summed E-state index contributed by atoms with van der Waals surface area (Å²) in [7, 11) is 0. The van der Waals surface area contributed by atoms with Crippen molar-refractivity contribution in [1.29, 1.82) is 0 Å². The highest BCUT2D eigenvalue weighted by Gasteiger charge is 2.30. The Labute approximate surface area is 154 Å². The number of benzene rings is 3. The summed E-state index contributed by atoms with van der Waals surface area (Å²) in [6, 6.07) is 18.6. The number of amides is 1. The average molecular weight is 371 g/mol. The van der Waals surface area contributed by atoms with Gasteiger partial charge in [0.2, 0.25) is 0 Å². The maximum atomic E-state index is 12.8. The molecule has 0 aliphatic carbocycles. The van der Waals surface area contributed by atoms with Crippen LogP contribution in [-0.2, 0) is 12.6 Å². The molecule has 2 N–H and O–H groups in total. The summed E-state index contributed by atoms with van der Waals surface area (Å²) in [6.45, 7) is 0. The van der Waals surface area contributed by atoms with Gasteiger partial charge in [-0.3, -0.25) is 4.79 Å². The van der Waals surface area contributed by atoms with Gasteiger partial charge in [-0.2, -0.15) is 13.2 Å². The first-order valence-electron chi connectivity index (χ1n) is 8.17. The summed E-state index contributed by atoms with van der Waals surface area (Å²) < 4.78 is 38.4. The summed E-state index contributed by atoms with van der Waals surface area (Å²) in [5.41, 5.74) is 0.978. The van der Waals surface area contributed by atoms with Crippen LogP contribution in [0.5, 0.6) is 5.75 Å². The zero-order valence-corrected chi connectivity index (χ0v) is 14.1. The molecule has 0 spiro atoms. The van der Waals surface area contributed by atoms with E-state index in [0.717, 1.165) is 23.3 Å². The minimum atomic E-state index is -4.50. The van der Waals surface area contributed by atoms with Crippen LogP contribution in [0.1, 0.15) is 27.0 Å². The number of nitrogens with one attached hydrogen (secondary N) is 1. The Hall–Kier alpha value is -3.28. The predicted molar refractivity (Wildman–Crippen MR) is 96.8 cm³/mol. The zero-order chi connectivity index (χ0) is 19.4. The van der Waals surface area contributed by atoms with Gasteiger partial charge in [-0.25, -0.2) is 0 Å². The van der Waals surface area contributed by atoms with Crippen LogP contribution in [0, 0.1) is 0 Å². The van der Waals surface area contributed by atoms with E-state index in [2.05, 4.69) is 5.32 Å². The monoisotopic (exact) mass is 371 g/mol. The lowest BCUT2D eigenvalue weighted by atomic mass is 10.0. The Kier molecular flexibility index (Phi) is 5.16. The third-order valence-corrected chi connectivity index (χ3v) is 4.00. The van der Waals surface area contributed by atoms with Crippen LogP contribution in [0.2, 0.25) is 0 Å². The Morgan fingerprint density at radius 3 is 2.33 bits per heavy atom. The number of hydrogen-bond acceptors (Lipinski definition) is 2. The molecule has 3 nitrogen and oxygen atoms in total.